The van der Waals surface area contributed by atoms with Crippen LogP contribution in [0.5, 0.6) is 0 Å². The molecule has 0 aliphatic heterocycles. The van der Waals surface area contributed by atoms with Gasteiger partial charge in [-0.05, 0) is 44.4 Å². The number of halogens is 2. The summed E-state index contributed by atoms with van der Waals surface area (Å²) in [5.74, 6) is -5.95. The average Bonchev–Trinajstić information content (AvgIpc) is 2.89. The van der Waals surface area contributed by atoms with E-state index in [0.29, 0.717) is 38.5 Å². The first kappa shape index (κ1) is 24.4. The van der Waals surface area contributed by atoms with Crippen LogP contribution in [-0.4, -0.2) is 39.8 Å². The van der Waals surface area contributed by atoms with Gasteiger partial charge in [0.25, 0.3) is 0 Å². The second kappa shape index (κ2) is 12.0. The van der Waals surface area contributed by atoms with Crippen molar-refractivity contribution in [3.8, 4) is 0 Å². The van der Waals surface area contributed by atoms with Gasteiger partial charge in [0.05, 0.1) is 6.10 Å². The maximum Gasteiger partial charge on any atom is 0.305 e. The molecule has 0 spiro atoms. The van der Waals surface area contributed by atoms with E-state index in [2.05, 4.69) is 0 Å². The SMILES string of the molecule is CCCCC(F)(F)C(=O)CCC[C@H]1[C@H](O)CC(=O)[C@@H]1C/C=C\CCCC(=O)O. The predicted molar refractivity (Wildman–Crippen MR) is 101 cm³/mol. The van der Waals surface area contributed by atoms with Crippen LogP contribution < -0.4 is 0 Å². The van der Waals surface area contributed by atoms with E-state index in [9.17, 15) is 28.3 Å². The summed E-state index contributed by atoms with van der Waals surface area (Å²) >= 11 is 0. The molecule has 0 radical (unpaired) electrons. The van der Waals surface area contributed by atoms with Gasteiger partial charge in [-0.2, -0.15) is 8.78 Å². The lowest BCUT2D eigenvalue weighted by Gasteiger charge is -2.20. The highest BCUT2D eigenvalue weighted by molar-refractivity contribution is 5.85. The van der Waals surface area contributed by atoms with Crippen molar-refractivity contribution in [2.45, 2.75) is 89.6 Å². The molecule has 0 amide bonds. The summed E-state index contributed by atoms with van der Waals surface area (Å²) in [6.45, 7) is 1.79. The number of hydrogen-bond acceptors (Lipinski definition) is 4. The molecule has 1 rings (SSSR count). The molecule has 3 atom stereocenters. The van der Waals surface area contributed by atoms with Gasteiger partial charge in [-0.3, -0.25) is 14.4 Å². The van der Waals surface area contributed by atoms with Crippen LogP contribution in [0.3, 0.4) is 0 Å². The topological polar surface area (TPSA) is 91.7 Å². The van der Waals surface area contributed by atoms with Gasteiger partial charge < -0.3 is 10.2 Å². The molecule has 0 saturated heterocycles. The Morgan fingerprint density at radius 1 is 1.18 bits per heavy atom. The summed E-state index contributed by atoms with van der Waals surface area (Å²) in [5, 5.41) is 18.7. The van der Waals surface area contributed by atoms with Gasteiger partial charge in [0, 0.05) is 31.6 Å². The molecule has 1 aliphatic rings. The van der Waals surface area contributed by atoms with Crippen LogP contribution in [0.2, 0.25) is 0 Å². The molecular formula is C21H32F2O5. The summed E-state index contributed by atoms with van der Waals surface area (Å²) < 4.78 is 27.5. The Bertz CT molecular complexity index is 559. The van der Waals surface area contributed by atoms with Crippen molar-refractivity contribution in [3.63, 3.8) is 0 Å². The third kappa shape index (κ3) is 8.17. The van der Waals surface area contributed by atoms with E-state index in [1.54, 1.807) is 6.92 Å². The molecule has 7 heteroatoms. The molecule has 0 aromatic rings. The van der Waals surface area contributed by atoms with Gasteiger partial charge >= 0.3 is 11.9 Å². The zero-order valence-corrected chi connectivity index (χ0v) is 16.5. The highest BCUT2D eigenvalue weighted by Crippen LogP contribution is 2.36. The maximum atomic E-state index is 13.7. The highest BCUT2D eigenvalue weighted by atomic mass is 19.3. The third-order valence-electron chi connectivity index (χ3n) is 5.35. The van der Waals surface area contributed by atoms with Crippen LogP contribution in [0, 0.1) is 11.8 Å². The number of carbonyl (C=O) groups excluding carboxylic acids is 2. The van der Waals surface area contributed by atoms with E-state index in [0.717, 1.165) is 0 Å². The zero-order valence-electron chi connectivity index (χ0n) is 16.5. The van der Waals surface area contributed by atoms with Gasteiger partial charge in [0.1, 0.15) is 5.78 Å². The Labute approximate surface area is 165 Å². The molecule has 1 saturated carbocycles. The maximum absolute atomic E-state index is 13.7. The largest absolute Gasteiger partial charge is 0.481 e. The van der Waals surface area contributed by atoms with Gasteiger partial charge in [-0.25, -0.2) is 0 Å². The molecule has 0 bridgehead atoms. The third-order valence-corrected chi connectivity index (χ3v) is 5.35. The molecule has 0 aromatic heterocycles. The molecule has 5 nitrogen and oxygen atoms in total. The first-order chi connectivity index (χ1) is 13.2. The molecule has 0 heterocycles. The van der Waals surface area contributed by atoms with Crippen molar-refractivity contribution < 1.29 is 33.4 Å². The number of unbranched alkanes of at least 4 members (excludes halogenated alkanes) is 2. The van der Waals surface area contributed by atoms with Crippen molar-refractivity contribution in [1.29, 1.82) is 0 Å². The van der Waals surface area contributed by atoms with Crippen LogP contribution in [-0.2, 0) is 14.4 Å². The normalized spacial score (nSPS) is 22.9. The standard InChI is InChI=1S/C21H32F2O5/c1-2-3-13-21(22,23)19(26)11-8-10-16-15(17(24)14-18(16)25)9-6-4-5-7-12-20(27)28/h4,6,15-16,18,25H,2-3,5,7-14H2,1H3,(H,27,28)/b6-4-/t15-,16-,18-/m1/s1. The summed E-state index contributed by atoms with van der Waals surface area (Å²) in [5.41, 5.74) is 0. The Kier molecular flexibility index (Phi) is 10.5. The van der Waals surface area contributed by atoms with E-state index in [-0.39, 0.29) is 43.3 Å². The predicted octanol–water partition coefficient (Wildman–Crippen LogP) is 4.32. The zero-order chi connectivity index (χ0) is 21.2. The van der Waals surface area contributed by atoms with Crippen LogP contribution in [0.25, 0.3) is 0 Å². The Morgan fingerprint density at radius 3 is 2.54 bits per heavy atom. The molecule has 0 unspecified atom stereocenters. The number of aliphatic carboxylic acids is 1. The van der Waals surface area contributed by atoms with Crippen LogP contribution >= 0.6 is 0 Å². The van der Waals surface area contributed by atoms with Crippen molar-refractivity contribution in [2.75, 3.05) is 0 Å². The number of carboxylic acids is 1. The van der Waals surface area contributed by atoms with Gasteiger partial charge in [0.2, 0.25) is 5.78 Å². The second-order valence-electron chi connectivity index (χ2n) is 7.62. The van der Waals surface area contributed by atoms with E-state index in [4.69, 9.17) is 5.11 Å². The molecule has 1 aliphatic carbocycles. The van der Waals surface area contributed by atoms with Crippen molar-refractivity contribution in [3.05, 3.63) is 12.2 Å². The van der Waals surface area contributed by atoms with Crippen molar-refractivity contribution in [1.82, 2.24) is 0 Å². The lowest BCUT2D eigenvalue weighted by Crippen LogP contribution is -2.29. The number of Topliss-reactive ketones (excluding diaryl/α,β-unsaturated/α-hetero) is 2. The van der Waals surface area contributed by atoms with Gasteiger partial charge in [-0.15, -0.1) is 0 Å². The fourth-order valence-electron chi connectivity index (χ4n) is 3.67. The van der Waals surface area contributed by atoms with Crippen LogP contribution in [0.4, 0.5) is 8.78 Å². The molecule has 28 heavy (non-hydrogen) atoms. The number of hydrogen-bond donors (Lipinski definition) is 2. The molecule has 1 fully saturated rings. The van der Waals surface area contributed by atoms with Crippen molar-refractivity contribution >= 4 is 17.5 Å². The first-order valence-electron chi connectivity index (χ1n) is 10.2. The van der Waals surface area contributed by atoms with E-state index >= 15 is 0 Å². The fraction of sp³-hybridized carbons (Fsp3) is 0.762. The summed E-state index contributed by atoms with van der Waals surface area (Å²) in [6.07, 6.45) is 5.38. The smallest absolute Gasteiger partial charge is 0.305 e. The average molecular weight is 402 g/mol. The molecule has 2 N–H and O–H groups in total. The number of aliphatic hydroxyl groups is 1. The Hall–Kier alpha value is -1.63. The number of allylic oxidation sites excluding steroid dienone is 2. The van der Waals surface area contributed by atoms with Crippen molar-refractivity contribution in [2.24, 2.45) is 11.8 Å². The number of rotatable bonds is 14. The summed E-state index contributed by atoms with van der Waals surface area (Å²) in [6, 6.07) is 0. The quantitative estimate of drug-likeness (QED) is 0.333. The summed E-state index contributed by atoms with van der Waals surface area (Å²) in [7, 11) is 0. The molecule has 160 valence electrons. The second-order valence-corrected chi connectivity index (χ2v) is 7.62. The highest BCUT2D eigenvalue weighted by Gasteiger charge is 2.41. The summed E-state index contributed by atoms with van der Waals surface area (Å²) in [4.78, 5) is 34.3. The van der Waals surface area contributed by atoms with E-state index in [1.165, 1.54) is 0 Å². The number of carboxylic acid groups (broad SMARTS) is 1. The van der Waals surface area contributed by atoms with Crippen LogP contribution in [0.15, 0.2) is 12.2 Å². The molecular weight excluding hydrogens is 370 g/mol. The Morgan fingerprint density at radius 2 is 1.89 bits per heavy atom. The molecule has 0 aromatic carbocycles. The van der Waals surface area contributed by atoms with Gasteiger partial charge in [0.15, 0.2) is 0 Å². The first-order valence-corrected chi connectivity index (χ1v) is 10.2. The Balaban J connectivity index is 2.46. The number of aliphatic hydroxyl groups excluding tert-OH is 1. The lowest BCUT2D eigenvalue weighted by molar-refractivity contribution is -0.144. The number of ketones is 2. The minimum Gasteiger partial charge on any atom is -0.481 e. The minimum absolute atomic E-state index is 0.0488. The minimum atomic E-state index is -3.29. The van der Waals surface area contributed by atoms with E-state index < -0.39 is 30.2 Å². The van der Waals surface area contributed by atoms with Crippen LogP contribution in [0.1, 0.15) is 77.6 Å². The monoisotopic (exact) mass is 402 g/mol. The number of carbonyl (C=O) groups is 3. The van der Waals surface area contributed by atoms with Gasteiger partial charge in [-0.1, -0.05) is 25.5 Å². The lowest BCUT2D eigenvalue weighted by atomic mass is 9.86. The van der Waals surface area contributed by atoms with E-state index in [1.807, 2.05) is 12.2 Å². The fourth-order valence-corrected chi connectivity index (χ4v) is 3.67. The number of alkyl halides is 2.